The number of aromatic nitrogens is 1. The molecule has 0 saturated carbocycles. The number of amides is 2. The van der Waals surface area contributed by atoms with E-state index in [1.807, 2.05) is 30.3 Å². The van der Waals surface area contributed by atoms with Gasteiger partial charge in [-0.15, -0.1) is 0 Å². The summed E-state index contributed by atoms with van der Waals surface area (Å²) in [5.41, 5.74) is 3.09. The number of urea groups is 1. The van der Waals surface area contributed by atoms with E-state index in [9.17, 15) is 9.90 Å². The summed E-state index contributed by atoms with van der Waals surface area (Å²) in [6, 6.07) is 10.7. The molecule has 0 spiro atoms. The van der Waals surface area contributed by atoms with Crippen molar-refractivity contribution in [2.75, 3.05) is 13.2 Å². The fraction of sp³-hybridized carbons (Fsp3) is 0.333. The van der Waals surface area contributed by atoms with E-state index in [4.69, 9.17) is 11.6 Å². The molecule has 128 valence electrons. The molecule has 1 aromatic carbocycles. The highest BCUT2D eigenvalue weighted by Crippen LogP contribution is 2.14. The summed E-state index contributed by atoms with van der Waals surface area (Å²) in [5, 5.41) is 15.5. The number of rotatable bonds is 7. The van der Waals surface area contributed by atoms with Crippen LogP contribution in [0.1, 0.15) is 29.7 Å². The fourth-order valence-electron chi connectivity index (χ4n) is 2.30. The van der Waals surface area contributed by atoms with Gasteiger partial charge in [0, 0.05) is 12.7 Å². The second-order valence-electron chi connectivity index (χ2n) is 5.47. The number of nitrogens with zero attached hydrogens (tertiary/aromatic N) is 1. The summed E-state index contributed by atoms with van der Waals surface area (Å²) in [7, 11) is 0. The Kier molecular flexibility index (Phi) is 7.03. The maximum atomic E-state index is 12.0. The zero-order valence-electron chi connectivity index (χ0n) is 13.6. The molecule has 6 heteroatoms. The van der Waals surface area contributed by atoms with Gasteiger partial charge in [0.15, 0.2) is 0 Å². The number of hydrogen-bond donors (Lipinski definition) is 3. The smallest absolute Gasteiger partial charge is 0.315 e. The first kappa shape index (κ1) is 18.2. The Bertz CT molecular complexity index is 644. The lowest BCUT2D eigenvalue weighted by molar-refractivity contribution is 0.217. The van der Waals surface area contributed by atoms with Crippen molar-refractivity contribution in [3.63, 3.8) is 0 Å². The Morgan fingerprint density at radius 1 is 1.21 bits per heavy atom. The molecule has 1 unspecified atom stereocenters. The molecule has 2 amide bonds. The highest BCUT2D eigenvalue weighted by Gasteiger charge is 2.13. The number of carbonyl (C=O) groups is 1. The van der Waals surface area contributed by atoms with Crippen LogP contribution in [-0.4, -0.2) is 29.3 Å². The number of aliphatic hydroxyl groups excluding tert-OH is 1. The zero-order valence-corrected chi connectivity index (χ0v) is 14.4. The van der Waals surface area contributed by atoms with Gasteiger partial charge < -0.3 is 15.7 Å². The maximum Gasteiger partial charge on any atom is 0.315 e. The van der Waals surface area contributed by atoms with E-state index in [0.29, 0.717) is 18.1 Å². The molecule has 1 atom stereocenters. The van der Waals surface area contributed by atoms with Crippen molar-refractivity contribution in [3.8, 4) is 0 Å². The highest BCUT2D eigenvalue weighted by atomic mass is 35.5. The molecule has 0 fully saturated rings. The summed E-state index contributed by atoms with van der Waals surface area (Å²) >= 11 is 5.73. The van der Waals surface area contributed by atoms with Crippen LogP contribution in [0.5, 0.6) is 0 Å². The lowest BCUT2D eigenvalue weighted by atomic mass is 10.0. The van der Waals surface area contributed by atoms with Gasteiger partial charge in [-0.25, -0.2) is 9.78 Å². The molecule has 0 aliphatic rings. The van der Waals surface area contributed by atoms with Crippen LogP contribution in [0.2, 0.25) is 5.15 Å². The molecule has 0 bridgehead atoms. The summed E-state index contributed by atoms with van der Waals surface area (Å²) in [6.45, 7) is 2.41. The summed E-state index contributed by atoms with van der Waals surface area (Å²) < 4.78 is 0. The third kappa shape index (κ3) is 5.51. The van der Waals surface area contributed by atoms with Crippen molar-refractivity contribution in [2.24, 2.45) is 0 Å². The van der Waals surface area contributed by atoms with E-state index in [0.717, 1.165) is 17.5 Å². The lowest BCUT2D eigenvalue weighted by Crippen LogP contribution is -2.40. The van der Waals surface area contributed by atoms with Crippen molar-refractivity contribution >= 4 is 17.6 Å². The number of benzene rings is 1. The number of carbonyl (C=O) groups excluding carboxylic acids is 1. The molecule has 5 nitrogen and oxygen atoms in total. The predicted molar refractivity (Wildman–Crippen MR) is 95.1 cm³/mol. The van der Waals surface area contributed by atoms with Crippen molar-refractivity contribution < 1.29 is 9.90 Å². The first-order chi connectivity index (χ1) is 11.6. The molecular formula is C18H22ClN3O2. The lowest BCUT2D eigenvalue weighted by Gasteiger charge is -2.17. The van der Waals surface area contributed by atoms with Crippen molar-refractivity contribution in [1.29, 1.82) is 0 Å². The third-order valence-corrected chi connectivity index (χ3v) is 3.99. The number of aryl methyl sites for hydroxylation is 1. The molecule has 2 rings (SSSR count). The van der Waals surface area contributed by atoms with Crippen molar-refractivity contribution in [3.05, 3.63) is 64.4 Å². The largest absolute Gasteiger partial charge is 0.394 e. The van der Waals surface area contributed by atoms with E-state index < -0.39 is 6.04 Å². The van der Waals surface area contributed by atoms with Crippen LogP contribution in [-0.2, 0) is 12.8 Å². The molecule has 2 aromatic rings. The standard InChI is InChI=1S/C18H22ClN3O2/c1-2-13-3-6-15(7-4-13)16(12-23)22-18(24)20-10-9-14-5-8-17(19)21-11-14/h3-8,11,16,23H,2,9-10,12H2,1H3,(H2,20,22,24). The van der Waals surface area contributed by atoms with Gasteiger partial charge in [0.2, 0.25) is 0 Å². The Morgan fingerprint density at radius 2 is 1.92 bits per heavy atom. The van der Waals surface area contributed by atoms with Crippen LogP contribution in [0.4, 0.5) is 4.79 Å². The van der Waals surface area contributed by atoms with Gasteiger partial charge in [-0.2, -0.15) is 0 Å². The van der Waals surface area contributed by atoms with E-state index in [1.165, 1.54) is 5.56 Å². The van der Waals surface area contributed by atoms with Gasteiger partial charge in [-0.3, -0.25) is 0 Å². The monoisotopic (exact) mass is 347 g/mol. The Labute approximate surface area is 147 Å². The molecule has 3 N–H and O–H groups in total. The fourth-order valence-corrected chi connectivity index (χ4v) is 2.42. The Morgan fingerprint density at radius 3 is 2.50 bits per heavy atom. The summed E-state index contributed by atoms with van der Waals surface area (Å²) in [6.07, 6.45) is 3.30. The van der Waals surface area contributed by atoms with Crippen molar-refractivity contribution in [2.45, 2.75) is 25.8 Å². The maximum absolute atomic E-state index is 12.0. The third-order valence-electron chi connectivity index (χ3n) is 3.77. The normalized spacial score (nSPS) is 11.8. The Hall–Kier alpha value is -2.11. The minimum Gasteiger partial charge on any atom is -0.394 e. The van der Waals surface area contributed by atoms with Gasteiger partial charge in [0.25, 0.3) is 0 Å². The molecule has 0 aliphatic heterocycles. The Balaban J connectivity index is 1.81. The van der Waals surface area contributed by atoms with Gasteiger partial charge in [0.1, 0.15) is 5.15 Å². The van der Waals surface area contributed by atoms with Crippen LogP contribution in [0.25, 0.3) is 0 Å². The van der Waals surface area contributed by atoms with Gasteiger partial charge in [-0.05, 0) is 35.6 Å². The molecule has 0 radical (unpaired) electrons. The number of halogens is 1. The van der Waals surface area contributed by atoms with Crippen LogP contribution in [0, 0.1) is 0 Å². The quantitative estimate of drug-likeness (QED) is 0.674. The van der Waals surface area contributed by atoms with E-state index in [2.05, 4.69) is 22.5 Å². The van der Waals surface area contributed by atoms with E-state index in [1.54, 1.807) is 12.3 Å². The van der Waals surface area contributed by atoms with Gasteiger partial charge in [-0.1, -0.05) is 48.9 Å². The number of aliphatic hydroxyl groups is 1. The predicted octanol–water partition coefficient (Wildman–Crippen LogP) is 2.87. The number of pyridine rings is 1. The minimum atomic E-state index is -0.423. The second-order valence-corrected chi connectivity index (χ2v) is 5.86. The number of hydrogen-bond acceptors (Lipinski definition) is 3. The van der Waals surface area contributed by atoms with Gasteiger partial charge in [0.05, 0.1) is 12.6 Å². The average Bonchev–Trinajstić information content (AvgIpc) is 2.61. The summed E-state index contributed by atoms with van der Waals surface area (Å²) in [5.74, 6) is 0. The molecule has 0 aliphatic carbocycles. The van der Waals surface area contributed by atoms with E-state index in [-0.39, 0.29) is 12.6 Å². The molecule has 0 saturated heterocycles. The van der Waals surface area contributed by atoms with E-state index >= 15 is 0 Å². The van der Waals surface area contributed by atoms with Gasteiger partial charge >= 0.3 is 6.03 Å². The van der Waals surface area contributed by atoms with Crippen LogP contribution >= 0.6 is 11.6 Å². The average molecular weight is 348 g/mol. The molecule has 1 aromatic heterocycles. The first-order valence-electron chi connectivity index (χ1n) is 7.97. The molecule has 1 heterocycles. The minimum absolute atomic E-state index is 0.153. The SMILES string of the molecule is CCc1ccc(C(CO)NC(=O)NCCc2ccc(Cl)nc2)cc1. The number of nitrogens with one attached hydrogen (secondary N) is 2. The first-order valence-corrected chi connectivity index (χ1v) is 8.34. The molecular weight excluding hydrogens is 326 g/mol. The van der Waals surface area contributed by atoms with Crippen LogP contribution in [0.15, 0.2) is 42.6 Å². The summed E-state index contributed by atoms with van der Waals surface area (Å²) in [4.78, 5) is 16.0. The van der Waals surface area contributed by atoms with Crippen LogP contribution in [0.3, 0.4) is 0 Å². The zero-order chi connectivity index (χ0) is 17.4. The topological polar surface area (TPSA) is 74.2 Å². The van der Waals surface area contributed by atoms with Crippen LogP contribution < -0.4 is 10.6 Å². The van der Waals surface area contributed by atoms with Crippen molar-refractivity contribution in [1.82, 2.24) is 15.6 Å². The molecule has 24 heavy (non-hydrogen) atoms. The highest BCUT2D eigenvalue weighted by molar-refractivity contribution is 6.29. The second kappa shape index (κ2) is 9.25.